The van der Waals surface area contributed by atoms with Gasteiger partial charge < -0.3 is 24.3 Å². The van der Waals surface area contributed by atoms with Crippen molar-refractivity contribution >= 4 is 12.1 Å². The molecule has 19 heavy (non-hydrogen) atoms. The smallest absolute Gasteiger partial charge is 0.408 e. The topological polar surface area (TPSA) is 83.1 Å². The molecule has 7 heteroatoms. The fourth-order valence-corrected chi connectivity index (χ4v) is 2.08. The number of benzene rings is 1. The second-order valence-electron chi connectivity index (χ2n) is 4.08. The Morgan fingerprint density at radius 1 is 1.37 bits per heavy atom. The predicted molar refractivity (Wildman–Crippen MR) is 60.7 cm³/mol. The average molecular weight is 265 g/mol. The van der Waals surface area contributed by atoms with E-state index in [-0.39, 0.29) is 6.79 Å². The van der Waals surface area contributed by atoms with Crippen molar-refractivity contribution in [2.75, 3.05) is 13.9 Å². The summed E-state index contributed by atoms with van der Waals surface area (Å²) < 4.78 is 20.2. The lowest BCUT2D eigenvalue weighted by Gasteiger charge is -2.15. The van der Waals surface area contributed by atoms with Crippen molar-refractivity contribution in [2.24, 2.45) is 0 Å². The molecule has 2 aliphatic heterocycles. The number of nitrogens with one attached hydrogen (secondary N) is 1. The summed E-state index contributed by atoms with van der Waals surface area (Å²) in [6.45, 7) is 0.155. The van der Waals surface area contributed by atoms with E-state index in [1.54, 1.807) is 18.2 Å². The van der Waals surface area contributed by atoms with Crippen LogP contribution < -0.4 is 14.8 Å². The Morgan fingerprint density at radius 2 is 2.16 bits per heavy atom. The standard InChI is InChI=1S/C12H11NO6/c1-16-11(14)9-10(19-12(15)13-9)6-2-3-7-8(4-6)18-5-17-7/h2-4,9-10H,5H2,1H3,(H,13,15). The zero-order valence-electron chi connectivity index (χ0n) is 10.0. The summed E-state index contributed by atoms with van der Waals surface area (Å²) in [4.78, 5) is 22.9. The molecule has 1 amide bonds. The molecule has 1 N–H and O–H groups in total. The molecule has 7 nitrogen and oxygen atoms in total. The second kappa shape index (κ2) is 4.34. The van der Waals surface area contributed by atoms with Gasteiger partial charge in [-0.15, -0.1) is 0 Å². The molecule has 100 valence electrons. The zero-order valence-corrected chi connectivity index (χ0v) is 10.0. The van der Waals surface area contributed by atoms with Crippen LogP contribution in [0.1, 0.15) is 11.7 Å². The molecule has 2 aliphatic rings. The van der Waals surface area contributed by atoms with Crippen LogP contribution >= 0.6 is 0 Å². The van der Waals surface area contributed by atoms with E-state index in [4.69, 9.17) is 14.2 Å². The molecule has 2 heterocycles. The number of cyclic esters (lactones) is 1. The number of alkyl carbamates (subject to hydrolysis) is 1. The van der Waals surface area contributed by atoms with E-state index in [1.807, 2.05) is 0 Å². The number of fused-ring (bicyclic) bond motifs is 1. The molecule has 0 bridgehead atoms. The Kier molecular flexibility index (Phi) is 2.66. The summed E-state index contributed by atoms with van der Waals surface area (Å²) in [5.74, 6) is 0.619. The molecule has 0 aromatic heterocycles. The van der Waals surface area contributed by atoms with Crippen LogP contribution in [-0.4, -0.2) is 32.0 Å². The highest BCUT2D eigenvalue weighted by atomic mass is 16.7. The summed E-state index contributed by atoms with van der Waals surface area (Å²) in [5, 5.41) is 2.41. The minimum atomic E-state index is -0.863. The Hall–Kier alpha value is -2.44. The number of carbonyl (C=O) groups excluding carboxylic acids is 2. The van der Waals surface area contributed by atoms with E-state index in [9.17, 15) is 9.59 Å². The number of esters is 1. The van der Waals surface area contributed by atoms with Gasteiger partial charge in [-0.3, -0.25) is 0 Å². The first-order chi connectivity index (χ1) is 9.19. The fraction of sp³-hybridized carbons (Fsp3) is 0.333. The average Bonchev–Trinajstić information content (AvgIpc) is 3.02. The Balaban J connectivity index is 1.91. The Morgan fingerprint density at radius 3 is 2.95 bits per heavy atom. The lowest BCUT2D eigenvalue weighted by Crippen LogP contribution is -2.36. The van der Waals surface area contributed by atoms with Gasteiger partial charge in [0.05, 0.1) is 7.11 Å². The minimum absolute atomic E-state index is 0.155. The number of rotatable bonds is 2. The van der Waals surface area contributed by atoms with Crippen LogP contribution in [-0.2, 0) is 14.3 Å². The molecular formula is C12H11NO6. The molecule has 2 unspecified atom stereocenters. The molecule has 1 aromatic rings. The van der Waals surface area contributed by atoms with E-state index in [0.717, 1.165) is 0 Å². The van der Waals surface area contributed by atoms with Gasteiger partial charge in [-0.05, 0) is 17.7 Å². The van der Waals surface area contributed by atoms with Gasteiger partial charge in [0.2, 0.25) is 6.79 Å². The zero-order chi connectivity index (χ0) is 13.4. The summed E-state index contributed by atoms with van der Waals surface area (Å²) in [6.07, 6.45) is -1.40. The third-order valence-corrected chi connectivity index (χ3v) is 2.99. The van der Waals surface area contributed by atoms with Crippen LogP contribution in [0.2, 0.25) is 0 Å². The van der Waals surface area contributed by atoms with Crippen molar-refractivity contribution in [3.8, 4) is 11.5 Å². The SMILES string of the molecule is COC(=O)C1NC(=O)OC1c1ccc2c(c1)OCO2. The van der Waals surface area contributed by atoms with E-state index in [2.05, 4.69) is 10.1 Å². The van der Waals surface area contributed by atoms with Crippen LogP contribution in [0.5, 0.6) is 11.5 Å². The minimum Gasteiger partial charge on any atom is -0.467 e. The van der Waals surface area contributed by atoms with Crippen LogP contribution in [0.25, 0.3) is 0 Å². The molecule has 0 spiro atoms. The van der Waals surface area contributed by atoms with Crippen LogP contribution in [0.3, 0.4) is 0 Å². The van der Waals surface area contributed by atoms with Crippen molar-refractivity contribution in [3.05, 3.63) is 23.8 Å². The van der Waals surface area contributed by atoms with Crippen molar-refractivity contribution in [3.63, 3.8) is 0 Å². The third-order valence-electron chi connectivity index (χ3n) is 2.99. The van der Waals surface area contributed by atoms with Gasteiger partial charge in [0.25, 0.3) is 0 Å². The first kappa shape index (κ1) is 11.6. The normalized spacial score (nSPS) is 23.7. The van der Waals surface area contributed by atoms with Gasteiger partial charge in [-0.1, -0.05) is 6.07 Å². The maximum absolute atomic E-state index is 11.6. The number of hydrogen-bond donors (Lipinski definition) is 1. The molecule has 1 saturated heterocycles. The maximum atomic E-state index is 11.6. The van der Waals surface area contributed by atoms with Gasteiger partial charge >= 0.3 is 12.1 Å². The summed E-state index contributed by atoms with van der Waals surface area (Å²) in [5.41, 5.74) is 0.637. The molecule has 0 aliphatic carbocycles. The van der Waals surface area contributed by atoms with Crippen molar-refractivity contribution < 1.29 is 28.5 Å². The fourth-order valence-electron chi connectivity index (χ4n) is 2.08. The van der Waals surface area contributed by atoms with Crippen molar-refractivity contribution in [1.29, 1.82) is 0 Å². The first-order valence-electron chi connectivity index (χ1n) is 5.63. The van der Waals surface area contributed by atoms with Gasteiger partial charge in [-0.2, -0.15) is 0 Å². The van der Waals surface area contributed by atoms with Crippen LogP contribution in [0.4, 0.5) is 4.79 Å². The lowest BCUT2D eigenvalue weighted by atomic mass is 10.0. The third kappa shape index (κ3) is 1.92. The Labute approximate surface area is 108 Å². The molecule has 3 rings (SSSR count). The highest BCUT2D eigenvalue weighted by molar-refractivity contribution is 5.85. The van der Waals surface area contributed by atoms with Crippen LogP contribution in [0.15, 0.2) is 18.2 Å². The van der Waals surface area contributed by atoms with E-state index in [0.29, 0.717) is 17.1 Å². The van der Waals surface area contributed by atoms with Gasteiger partial charge in [0.15, 0.2) is 23.6 Å². The van der Waals surface area contributed by atoms with E-state index >= 15 is 0 Å². The predicted octanol–water partition coefficient (Wildman–Crippen LogP) is 0.738. The molecule has 2 atom stereocenters. The maximum Gasteiger partial charge on any atom is 0.408 e. The van der Waals surface area contributed by atoms with Gasteiger partial charge in [0, 0.05) is 0 Å². The lowest BCUT2D eigenvalue weighted by molar-refractivity contribution is -0.144. The molecule has 0 saturated carbocycles. The van der Waals surface area contributed by atoms with Crippen LogP contribution in [0, 0.1) is 0 Å². The summed E-state index contributed by atoms with van der Waals surface area (Å²) in [7, 11) is 1.25. The summed E-state index contributed by atoms with van der Waals surface area (Å²) in [6, 6.07) is 4.24. The van der Waals surface area contributed by atoms with Crippen molar-refractivity contribution in [2.45, 2.75) is 12.1 Å². The monoisotopic (exact) mass is 265 g/mol. The highest BCUT2D eigenvalue weighted by Crippen LogP contribution is 2.37. The molecule has 1 fully saturated rings. The Bertz CT molecular complexity index is 543. The largest absolute Gasteiger partial charge is 0.467 e. The second-order valence-corrected chi connectivity index (χ2v) is 4.08. The number of methoxy groups -OCH3 is 1. The molecule has 1 aromatic carbocycles. The highest BCUT2D eigenvalue weighted by Gasteiger charge is 2.41. The first-order valence-corrected chi connectivity index (χ1v) is 5.63. The van der Waals surface area contributed by atoms with E-state index < -0.39 is 24.2 Å². The quantitative estimate of drug-likeness (QED) is 0.794. The number of ether oxygens (including phenoxy) is 4. The number of amides is 1. The van der Waals surface area contributed by atoms with E-state index in [1.165, 1.54) is 7.11 Å². The molecular weight excluding hydrogens is 254 g/mol. The van der Waals surface area contributed by atoms with Gasteiger partial charge in [0.1, 0.15) is 0 Å². The summed E-state index contributed by atoms with van der Waals surface area (Å²) >= 11 is 0. The number of carbonyl (C=O) groups is 2. The van der Waals surface area contributed by atoms with Crippen molar-refractivity contribution in [1.82, 2.24) is 5.32 Å². The molecule has 0 radical (unpaired) electrons. The number of hydrogen-bond acceptors (Lipinski definition) is 6. The van der Waals surface area contributed by atoms with Gasteiger partial charge in [-0.25, -0.2) is 9.59 Å².